The molecule has 4 rings (SSSR count). The predicted molar refractivity (Wildman–Crippen MR) is 118 cm³/mol. The molecule has 7 heteroatoms. The molecular formula is C24H26N2O5. The van der Waals surface area contributed by atoms with E-state index in [1.165, 1.54) is 4.90 Å². The van der Waals surface area contributed by atoms with Crippen LogP contribution in [0.4, 0.5) is 4.79 Å². The lowest BCUT2D eigenvalue weighted by Crippen LogP contribution is -2.41. The summed E-state index contributed by atoms with van der Waals surface area (Å²) in [6, 6.07) is 13.4. The van der Waals surface area contributed by atoms with Gasteiger partial charge in [0.05, 0.1) is 13.7 Å². The molecule has 1 saturated heterocycles. The monoisotopic (exact) mass is 422 g/mol. The van der Waals surface area contributed by atoms with Crippen LogP contribution in [0.25, 0.3) is 10.8 Å². The van der Waals surface area contributed by atoms with Gasteiger partial charge in [-0.05, 0) is 53.8 Å². The van der Waals surface area contributed by atoms with E-state index in [2.05, 4.69) is 0 Å². The summed E-state index contributed by atoms with van der Waals surface area (Å²) in [6.45, 7) is 3.37. The second kappa shape index (κ2) is 8.71. The molecule has 2 heterocycles. The molecular weight excluding hydrogens is 396 g/mol. The summed E-state index contributed by atoms with van der Waals surface area (Å²) in [7, 11) is 1.63. The first kappa shape index (κ1) is 20.8. The lowest BCUT2D eigenvalue weighted by molar-refractivity contribution is 0.0892. The minimum absolute atomic E-state index is 0.0257. The molecule has 1 fully saturated rings. The highest BCUT2D eigenvalue weighted by atomic mass is 16.5. The number of amides is 1. The van der Waals surface area contributed by atoms with E-state index in [1.807, 2.05) is 49.4 Å². The lowest BCUT2D eigenvalue weighted by Gasteiger charge is -2.30. The molecule has 2 aromatic carbocycles. The Morgan fingerprint density at radius 3 is 2.48 bits per heavy atom. The van der Waals surface area contributed by atoms with Gasteiger partial charge in [0.1, 0.15) is 17.6 Å². The normalized spacial score (nSPS) is 14.6. The van der Waals surface area contributed by atoms with Gasteiger partial charge in [0.2, 0.25) is 0 Å². The summed E-state index contributed by atoms with van der Waals surface area (Å²) < 4.78 is 13.1. The average Bonchev–Trinajstić information content (AvgIpc) is 2.78. The number of nitrogens with zero attached hydrogens (tertiary/aromatic N) is 2. The van der Waals surface area contributed by atoms with Crippen LogP contribution in [0.1, 0.15) is 24.0 Å². The van der Waals surface area contributed by atoms with Gasteiger partial charge in [0, 0.05) is 37.5 Å². The van der Waals surface area contributed by atoms with Gasteiger partial charge < -0.3 is 24.0 Å². The number of aromatic nitrogens is 1. The van der Waals surface area contributed by atoms with Crippen molar-refractivity contribution >= 4 is 16.9 Å². The number of carboxylic acid groups (broad SMARTS) is 1. The number of aryl methyl sites for hydroxylation is 1. The van der Waals surface area contributed by atoms with Crippen LogP contribution < -0.4 is 15.0 Å². The summed E-state index contributed by atoms with van der Waals surface area (Å²) in [5, 5.41) is 10.6. The van der Waals surface area contributed by atoms with Crippen LogP contribution >= 0.6 is 0 Å². The Hall–Kier alpha value is -3.48. The number of piperidine rings is 1. The van der Waals surface area contributed by atoms with Gasteiger partial charge >= 0.3 is 6.09 Å². The predicted octanol–water partition coefficient (Wildman–Crippen LogP) is 3.89. The summed E-state index contributed by atoms with van der Waals surface area (Å²) in [5.74, 6) is 1.53. The molecule has 7 nitrogen and oxygen atoms in total. The van der Waals surface area contributed by atoms with E-state index in [-0.39, 0.29) is 11.7 Å². The number of pyridine rings is 1. The average molecular weight is 422 g/mol. The van der Waals surface area contributed by atoms with E-state index in [4.69, 9.17) is 14.6 Å². The van der Waals surface area contributed by atoms with Crippen LogP contribution in [0.15, 0.2) is 53.5 Å². The zero-order chi connectivity index (χ0) is 22.0. The van der Waals surface area contributed by atoms with Crippen molar-refractivity contribution in [3.05, 3.63) is 70.1 Å². The van der Waals surface area contributed by atoms with Gasteiger partial charge in [-0.25, -0.2) is 4.79 Å². The number of rotatable bonds is 5. The van der Waals surface area contributed by atoms with Crippen LogP contribution in [-0.2, 0) is 6.54 Å². The third kappa shape index (κ3) is 4.50. The van der Waals surface area contributed by atoms with Gasteiger partial charge in [0.15, 0.2) is 0 Å². The van der Waals surface area contributed by atoms with Crippen molar-refractivity contribution in [3.63, 3.8) is 0 Å². The largest absolute Gasteiger partial charge is 0.497 e. The van der Waals surface area contributed by atoms with Crippen LogP contribution in [0.5, 0.6) is 11.5 Å². The molecule has 0 unspecified atom stereocenters. The molecule has 1 aromatic heterocycles. The molecule has 1 aliphatic heterocycles. The van der Waals surface area contributed by atoms with Crippen molar-refractivity contribution in [2.45, 2.75) is 32.4 Å². The highest BCUT2D eigenvalue weighted by molar-refractivity contribution is 5.84. The SMILES string of the molecule is COc1ccc(Cn2ccc3cc(OC4CCN(C(=O)O)CC4)c(C)cc3c2=O)cc1. The molecule has 0 bridgehead atoms. The van der Waals surface area contributed by atoms with E-state index in [0.717, 1.165) is 28.0 Å². The van der Waals surface area contributed by atoms with Gasteiger partial charge in [0.25, 0.3) is 5.56 Å². The molecule has 31 heavy (non-hydrogen) atoms. The Morgan fingerprint density at radius 2 is 1.84 bits per heavy atom. The Bertz CT molecular complexity index is 1150. The minimum Gasteiger partial charge on any atom is -0.497 e. The van der Waals surface area contributed by atoms with Crippen molar-refractivity contribution in [2.75, 3.05) is 20.2 Å². The first-order valence-corrected chi connectivity index (χ1v) is 10.4. The molecule has 0 spiro atoms. The fraction of sp³-hybridized carbons (Fsp3) is 0.333. The highest BCUT2D eigenvalue weighted by Gasteiger charge is 2.24. The van der Waals surface area contributed by atoms with Crippen molar-refractivity contribution in [1.82, 2.24) is 9.47 Å². The van der Waals surface area contributed by atoms with E-state index in [0.29, 0.717) is 37.9 Å². The van der Waals surface area contributed by atoms with Gasteiger partial charge in [-0.2, -0.15) is 0 Å². The first-order chi connectivity index (χ1) is 14.9. The Morgan fingerprint density at radius 1 is 1.13 bits per heavy atom. The smallest absolute Gasteiger partial charge is 0.407 e. The number of ether oxygens (including phenoxy) is 2. The number of hydrogen-bond donors (Lipinski definition) is 1. The van der Waals surface area contributed by atoms with Crippen LogP contribution in [0, 0.1) is 6.92 Å². The Labute approximate surface area is 180 Å². The van der Waals surface area contributed by atoms with Crippen molar-refractivity contribution in [1.29, 1.82) is 0 Å². The number of fused-ring (bicyclic) bond motifs is 1. The quantitative estimate of drug-likeness (QED) is 0.675. The molecule has 1 amide bonds. The third-order valence-corrected chi connectivity index (χ3v) is 5.79. The molecule has 1 N–H and O–H groups in total. The lowest BCUT2D eigenvalue weighted by atomic mass is 10.1. The Kier molecular flexibility index (Phi) is 5.84. The van der Waals surface area contributed by atoms with Crippen LogP contribution in [-0.4, -0.2) is 47.0 Å². The van der Waals surface area contributed by atoms with Crippen molar-refractivity contribution < 1.29 is 19.4 Å². The molecule has 0 radical (unpaired) electrons. The highest BCUT2D eigenvalue weighted by Crippen LogP contribution is 2.27. The number of benzene rings is 2. The van der Waals surface area contributed by atoms with E-state index < -0.39 is 6.09 Å². The van der Waals surface area contributed by atoms with Crippen LogP contribution in [0.3, 0.4) is 0 Å². The summed E-state index contributed by atoms with van der Waals surface area (Å²) in [6.07, 6.45) is 2.22. The Balaban J connectivity index is 1.53. The maximum Gasteiger partial charge on any atom is 0.407 e. The topological polar surface area (TPSA) is 81.0 Å². The number of likely N-dealkylation sites (tertiary alicyclic amines) is 1. The van der Waals surface area contributed by atoms with Gasteiger partial charge in [-0.3, -0.25) is 4.79 Å². The fourth-order valence-electron chi connectivity index (χ4n) is 3.94. The first-order valence-electron chi connectivity index (χ1n) is 10.4. The molecule has 1 aliphatic rings. The zero-order valence-corrected chi connectivity index (χ0v) is 17.7. The molecule has 0 aliphatic carbocycles. The van der Waals surface area contributed by atoms with E-state index in [9.17, 15) is 9.59 Å². The van der Waals surface area contributed by atoms with Gasteiger partial charge in [-0.1, -0.05) is 12.1 Å². The van der Waals surface area contributed by atoms with Crippen LogP contribution in [0.2, 0.25) is 0 Å². The zero-order valence-electron chi connectivity index (χ0n) is 17.7. The van der Waals surface area contributed by atoms with E-state index in [1.54, 1.807) is 17.9 Å². The molecule has 0 atom stereocenters. The summed E-state index contributed by atoms with van der Waals surface area (Å²) in [4.78, 5) is 25.5. The number of hydrogen-bond acceptors (Lipinski definition) is 4. The minimum atomic E-state index is -0.883. The van der Waals surface area contributed by atoms with Crippen molar-refractivity contribution in [2.24, 2.45) is 0 Å². The fourth-order valence-corrected chi connectivity index (χ4v) is 3.94. The van der Waals surface area contributed by atoms with Gasteiger partial charge in [-0.15, -0.1) is 0 Å². The summed E-state index contributed by atoms with van der Waals surface area (Å²) in [5.41, 5.74) is 1.87. The second-order valence-electron chi connectivity index (χ2n) is 7.89. The number of carbonyl (C=O) groups is 1. The standard InChI is InChI=1S/C24H26N2O5/c1-16-13-21-18(14-22(16)31-20-8-11-25(12-9-20)24(28)29)7-10-26(23(21)27)15-17-3-5-19(30-2)6-4-17/h3-7,10,13-14,20H,8-9,11-12,15H2,1-2H3,(H,28,29). The molecule has 0 saturated carbocycles. The number of methoxy groups -OCH3 is 1. The molecule has 162 valence electrons. The van der Waals surface area contributed by atoms with E-state index >= 15 is 0 Å². The maximum atomic E-state index is 13.0. The third-order valence-electron chi connectivity index (χ3n) is 5.79. The second-order valence-corrected chi connectivity index (χ2v) is 7.89. The van der Waals surface area contributed by atoms with Crippen molar-refractivity contribution in [3.8, 4) is 11.5 Å². The molecule has 3 aromatic rings. The maximum absolute atomic E-state index is 13.0. The summed E-state index contributed by atoms with van der Waals surface area (Å²) >= 11 is 0.